The first kappa shape index (κ1) is 15.8. The Morgan fingerprint density at radius 3 is 1.35 bits per heavy atom. The van der Waals surface area contributed by atoms with E-state index < -0.39 is 24.9 Å². The van der Waals surface area contributed by atoms with Crippen LogP contribution in [0.2, 0.25) is 0 Å². The molecule has 0 radical (unpaired) electrons. The van der Waals surface area contributed by atoms with Gasteiger partial charge < -0.3 is 0 Å². The van der Waals surface area contributed by atoms with E-state index in [2.05, 4.69) is 9.98 Å². The van der Waals surface area contributed by atoms with Gasteiger partial charge >= 0.3 is 12.1 Å². The van der Waals surface area contributed by atoms with Crippen molar-refractivity contribution >= 4 is 12.2 Å². The van der Waals surface area contributed by atoms with Crippen LogP contribution in [0.25, 0.3) is 0 Å². The summed E-state index contributed by atoms with van der Waals surface area (Å²) in [5, 5.41) is 0. The van der Waals surface area contributed by atoms with Crippen LogP contribution in [-0.2, 0) is 22.4 Å². The molecule has 0 unspecified atom stereocenters. The molecule has 4 nitrogen and oxygen atoms in total. The number of hydrogen-bond acceptors (Lipinski definition) is 4. The number of benzene rings is 1. The highest BCUT2D eigenvalue weighted by atomic mass is 19.3. The van der Waals surface area contributed by atoms with Crippen LogP contribution < -0.4 is 0 Å². The second-order valence-electron chi connectivity index (χ2n) is 3.91. The molecule has 0 aromatic heterocycles. The van der Waals surface area contributed by atoms with Gasteiger partial charge in [0.15, 0.2) is 0 Å². The van der Waals surface area contributed by atoms with E-state index in [1.165, 1.54) is 24.3 Å². The van der Waals surface area contributed by atoms with Gasteiger partial charge in [0, 0.05) is 0 Å². The molecule has 0 amide bonds. The van der Waals surface area contributed by atoms with Crippen molar-refractivity contribution in [2.45, 2.75) is 24.9 Å². The normalized spacial score (nSPS) is 11.4. The highest BCUT2D eigenvalue weighted by Gasteiger charge is 2.30. The second-order valence-corrected chi connectivity index (χ2v) is 3.91. The van der Waals surface area contributed by atoms with Crippen LogP contribution in [-0.4, -0.2) is 24.3 Å². The van der Waals surface area contributed by atoms with Crippen LogP contribution in [0.1, 0.15) is 11.1 Å². The zero-order valence-electron chi connectivity index (χ0n) is 9.95. The lowest BCUT2D eigenvalue weighted by Gasteiger charge is -2.11. The van der Waals surface area contributed by atoms with Crippen LogP contribution >= 0.6 is 0 Å². The molecule has 0 saturated heterocycles. The minimum Gasteiger partial charge on any atom is -0.211 e. The second kappa shape index (κ2) is 6.23. The zero-order chi connectivity index (χ0) is 15.2. The average Bonchev–Trinajstić information content (AvgIpc) is 2.30. The maximum Gasteiger partial charge on any atom is 0.355 e. The average molecular weight is 288 g/mol. The van der Waals surface area contributed by atoms with Crippen molar-refractivity contribution in [1.29, 1.82) is 0 Å². The highest BCUT2D eigenvalue weighted by Crippen LogP contribution is 2.24. The Bertz CT molecular complexity index is 508. The van der Waals surface area contributed by atoms with Crippen molar-refractivity contribution in [2.75, 3.05) is 0 Å². The van der Waals surface area contributed by atoms with Crippen molar-refractivity contribution in [3.05, 3.63) is 35.4 Å². The van der Waals surface area contributed by atoms with Crippen LogP contribution in [0.5, 0.6) is 0 Å². The molecule has 0 fully saturated rings. The van der Waals surface area contributed by atoms with Gasteiger partial charge in [-0.2, -0.15) is 17.6 Å². The van der Waals surface area contributed by atoms with E-state index in [4.69, 9.17) is 0 Å². The standard InChI is InChI=1S/C12H8F4N2O2/c13-11(14,17-7-19)5-9-1-2-10(4-3-9)6-12(15,16)18-8-20/h1-4H,5-6H2. The first-order valence-corrected chi connectivity index (χ1v) is 5.29. The number of halogens is 4. The molecule has 0 bridgehead atoms. The lowest BCUT2D eigenvalue weighted by Crippen LogP contribution is -2.17. The summed E-state index contributed by atoms with van der Waals surface area (Å²) < 4.78 is 51.9. The Morgan fingerprint density at radius 1 is 0.800 bits per heavy atom. The van der Waals surface area contributed by atoms with Gasteiger partial charge in [0.2, 0.25) is 12.2 Å². The van der Waals surface area contributed by atoms with Crippen molar-refractivity contribution in [2.24, 2.45) is 9.98 Å². The third kappa shape index (κ3) is 5.14. The Kier molecular flexibility index (Phi) is 4.91. The Balaban J connectivity index is 2.79. The van der Waals surface area contributed by atoms with Crippen molar-refractivity contribution in [3.63, 3.8) is 0 Å². The maximum atomic E-state index is 13.0. The number of carbonyl (C=O) groups excluding carboxylic acids is 2. The molecule has 20 heavy (non-hydrogen) atoms. The third-order valence-corrected chi connectivity index (χ3v) is 2.28. The van der Waals surface area contributed by atoms with E-state index in [0.717, 1.165) is 12.2 Å². The molecule has 106 valence electrons. The molecule has 0 heterocycles. The predicted molar refractivity (Wildman–Crippen MR) is 60.0 cm³/mol. The molecule has 0 aliphatic carbocycles. The van der Waals surface area contributed by atoms with Crippen LogP contribution in [0.15, 0.2) is 34.3 Å². The summed E-state index contributed by atoms with van der Waals surface area (Å²) in [5.74, 6) is 0. The number of nitrogens with zero attached hydrogens (tertiary/aromatic N) is 2. The molecule has 0 spiro atoms. The van der Waals surface area contributed by atoms with Gasteiger partial charge in [-0.05, 0) is 11.1 Å². The van der Waals surface area contributed by atoms with E-state index in [9.17, 15) is 27.2 Å². The molecule has 0 aliphatic rings. The highest BCUT2D eigenvalue weighted by molar-refractivity contribution is 5.35. The van der Waals surface area contributed by atoms with Gasteiger partial charge in [0.25, 0.3) is 0 Å². The van der Waals surface area contributed by atoms with E-state index in [0.29, 0.717) is 0 Å². The summed E-state index contributed by atoms with van der Waals surface area (Å²) in [4.78, 5) is 24.3. The molecule has 0 saturated carbocycles. The Morgan fingerprint density at radius 2 is 1.10 bits per heavy atom. The van der Waals surface area contributed by atoms with E-state index in [1.54, 1.807) is 0 Å². The summed E-state index contributed by atoms with van der Waals surface area (Å²) in [5.41, 5.74) is 0.222. The van der Waals surface area contributed by atoms with E-state index >= 15 is 0 Å². The molecule has 8 heteroatoms. The number of isocyanates is 2. The SMILES string of the molecule is O=C=NC(F)(F)Cc1ccc(CC(F)(F)N=C=O)cc1. The van der Waals surface area contributed by atoms with Gasteiger partial charge in [-0.3, -0.25) is 0 Å². The summed E-state index contributed by atoms with van der Waals surface area (Å²) in [6, 6.07) is -2.38. The van der Waals surface area contributed by atoms with E-state index in [-0.39, 0.29) is 11.1 Å². The summed E-state index contributed by atoms with van der Waals surface area (Å²) in [6.45, 7) is 0. The number of alkyl halides is 4. The molecule has 0 aliphatic heterocycles. The van der Waals surface area contributed by atoms with Gasteiger partial charge in [-0.25, -0.2) is 9.59 Å². The first-order valence-electron chi connectivity index (χ1n) is 5.29. The molecule has 1 aromatic carbocycles. The largest absolute Gasteiger partial charge is 0.355 e. The quantitative estimate of drug-likeness (QED) is 0.349. The number of rotatable bonds is 6. The molecule has 1 aromatic rings. The lowest BCUT2D eigenvalue weighted by atomic mass is 10.1. The van der Waals surface area contributed by atoms with Crippen molar-refractivity contribution in [1.82, 2.24) is 0 Å². The monoisotopic (exact) mass is 288 g/mol. The van der Waals surface area contributed by atoms with Gasteiger partial charge in [0.05, 0.1) is 12.8 Å². The fourth-order valence-corrected chi connectivity index (χ4v) is 1.48. The van der Waals surface area contributed by atoms with Crippen molar-refractivity contribution < 1.29 is 27.2 Å². The summed E-state index contributed by atoms with van der Waals surface area (Å²) in [7, 11) is 0. The maximum absolute atomic E-state index is 13.0. The minimum absolute atomic E-state index is 0.111. The molecule has 0 N–H and O–H groups in total. The lowest BCUT2D eigenvalue weighted by molar-refractivity contribution is 0.0101. The Hall–Kier alpha value is -2.30. The minimum atomic E-state index is -3.59. The van der Waals surface area contributed by atoms with Crippen LogP contribution in [0.4, 0.5) is 17.6 Å². The van der Waals surface area contributed by atoms with Crippen molar-refractivity contribution in [3.8, 4) is 0 Å². The summed E-state index contributed by atoms with van der Waals surface area (Å²) in [6.07, 6.45) is -0.161. The third-order valence-electron chi connectivity index (χ3n) is 2.28. The fourth-order valence-electron chi connectivity index (χ4n) is 1.48. The number of aliphatic imine (C=N–C) groups is 2. The molecular weight excluding hydrogens is 280 g/mol. The fraction of sp³-hybridized carbons (Fsp3) is 0.333. The molecule has 1 rings (SSSR count). The molecule has 0 atom stereocenters. The predicted octanol–water partition coefficient (Wildman–Crippen LogP) is 2.63. The van der Waals surface area contributed by atoms with E-state index in [1.807, 2.05) is 0 Å². The van der Waals surface area contributed by atoms with Gasteiger partial charge in [-0.1, -0.05) is 24.3 Å². The smallest absolute Gasteiger partial charge is 0.211 e. The van der Waals surface area contributed by atoms with Crippen LogP contribution in [0.3, 0.4) is 0 Å². The van der Waals surface area contributed by atoms with Gasteiger partial charge in [0.1, 0.15) is 0 Å². The zero-order valence-corrected chi connectivity index (χ0v) is 9.95. The Labute approximate surface area is 110 Å². The first-order chi connectivity index (χ1) is 9.28. The molecular formula is C12H8F4N2O2. The number of hydrogen-bond donors (Lipinski definition) is 0. The topological polar surface area (TPSA) is 58.9 Å². The van der Waals surface area contributed by atoms with Crippen LogP contribution in [0, 0.1) is 0 Å². The van der Waals surface area contributed by atoms with Gasteiger partial charge in [-0.15, -0.1) is 9.98 Å². The summed E-state index contributed by atoms with van der Waals surface area (Å²) >= 11 is 0.